The van der Waals surface area contributed by atoms with Crippen molar-refractivity contribution in [2.75, 3.05) is 11.9 Å². The van der Waals surface area contributed by atoms with E-state index in [2.05, 4.69) is 29.8 Å². The molecule has 0 unspecified atom stereocenters. The first kappa shape index (κ1) is 19.0. The van der Waals surface area contributed by atoms with Gasteiger partial charge in [-0.1, -0.05) is 12.1 Å². The van der Waals surface area contributed by atoms with Crippen molar-refractivity contribution in [1.29, 1.82) is 0 Å². The van der Waals surface area contributed by atoms with Crippen molar-refractivity contribution in [3.63, 3.8) is 0 Å². The van der Waals surface area contributed by atoms with E-state index in [0.717, 1.165) is 28.1 Å². The number of esters is 1. The number of nitrogens with one attached hydrogen (secondary N) is 1. The van der Waals surface area contributed by atoms with Crippen LogP contribution in [0.15, 0.2) is 30.3 Å². The fourth-order valence-corrected chi connectivity index (χ4v) is 3.28. The van der Waals surface area contributed by atoms with Crippen LogP contribution < -0.4 is 5.32 Å². The van der Waals surface area contributed by atoms with E-state index in [1.54, 1.807) is 6.08 Å². The Morgan fingerprint density at radius 2 is 1.96 bits per heavy atom. The third kappa shape index (κ3) is 4.48. The lowest BCUT2D eigenvalue weighted by Gasteiger charge is -2.10. The molecule has 1 amide bonds. The molecule has 0 radical (unpaired) electrons. The van der Waals surface area contributed by atoms with Crippen LogP contribution >= 0.6 is 0 Å². The number of amides is 1. The van der Waals surface area contributed by atoms with Gasteiger partial charge in [-0.05, 0) is 75.4 Å². The van der Waals surface area contributed by atoms with Gasteiger partial charge in [-0.3, -0.25) is 4.79 Å². The second kappa shape index (κ2) is 7.82. The van der Waals surface area contributed by atoms with Crippen molar-refractivity contribution in [2.45, 2.75) is 46.6 Å². The zero-order valence-electron chi connectivity index (χ0n) is 16.3. The van der Waals surface area contributed by atoms with Crippen LogP contribution in [0, 0.1) is 27.7 Å². The van der Waals surface area contributed by atoms with E-state index < -0.39 is 5.97 Å². The molecule has 3 rings (SSSR count). The summed E-state index contributed by atoms with van der Waals surface area (Å²) in [6.07, 6.45) is 5.57. The highest BCUT2D eigenvalue weighted by molar-refractivity contribution is 5.95. The van der Waals surface area contributed by atoms with Crippen LogP contribution in [0.2, 0.25) is 0 Å². The van der Waals surface area contributed by atoms with Gasteiger partial charge in [0.25, 0.3) is 5.91 Å². The predicted octanol–water partition coefficient (Wildman–Crippen LogP) is 4.25. The average Bonchev–Trinajstić information content (AvgIpc) is 3.41. The number of ether oxygens (including phenoxy) is 1. The molecule has 1 aliphatic carbocycles. The number of aryl methyl sites for hydroxylation is 2. The zero-order chi connectivity index (χ0) is 19.6. The van der Waals surface area contributed by atoms with Crippen molar-refractivity contribution in [1.82, 2.24) is 4.57 Å². The first-order chi connectivity index (χ1) is 12.9. The van der Waals surface area contributed by atoms with Gasteiger partial charge in [0, 0.05) is 29.2 Å². The molecule has 0 saturated heterocycles. The molecule has 1 aliphatic rings. The van der Waals surface area contributed by atoms with Crippen LogP contribution in [0.4, 0.5) is 5.69 Å². The Labute approximate surface area is 160 Å². The minimum atomic E-state index is -0.526. The van der Waals surface area contributed by atoms with Gasteiger partial charge in [0.05, 0.1) is 0 Å². The van der Waals surface area contributed by atoms with Gasteiger partial charge in [-0.15, -0.1) is 0 Å². The first-order valence-corrected chi connectivity index (χ1v) is 9.26. The summed E-state index contributed by atoms with van der Waals surface area (Å²) in [7, 11) is 0. The highest BCUT2D eigenvalue weighted by Gasteiger charge is 2.26. The van der Waals surface area contributed by atoms with Gasteiger partial charge < -0.3 is 14.6 Å². The Balaban J connectivity index is 1.53. The molecule has 0 atom stereocenters. The lowest BCUT2D eigenvalue weighted by molar-refractivity contribution is -0.142. The Kier molecular flexibility index (Phi) is 5.49. The standard InChI is InChI=1S/C22H26N2O3/c1-14-6-5-7-20(16(14)3)23-21(25)13-27-22(26)11-8-18-12-15(2)24(17(18)4)19-9-10-19/h5-8,11-12,19H,9-10,13H2,1-4H3,(H,23,25)/b11-8+. The van der Waals surface area contributed by atoms with Gasteiger partial charge in [-0.2, -0.15) is 0 Å². The highest BCUT2D eigenvalue weighted by atomic mass is 16.5. The van der Waals surface area contributed by atoms with Crippen molar-refractivity contribution >= 4 is 23.6 Å². The van der Waals surface area contributed by atoms with Crippen LogP contribution in [-0.2, 0) is 14.3 Å². The molecule has 1 aromatic carbocycles. The van der Waals surface area contributed by atoms with E-state index in [1.807, 2.05) is 32.0 Å². The minimum Gasteiger partial charge on any atom is -0.452 e. The fraction of sp³-hybridized carbons (Fsp3) is 0.364. The molecule has 0 bridgehead atoms. The molecule has 142 valence electrons. The van der Waals surface area contributed by atoms with Crippen LogP contribution in [0.1, 0.15) is 47.0 Å². The molecule has 1 aromatic heterocycles. The van der Waals surface area contributed by atoms with E-state index in [0.29, 0.717) is 6.04 Å². The molecular weight excluding hydrogens is 340 g/mol. The Morgan fingerprint density at radius 1 is 1.22 bits per heavy atom. The van der Waals surface area contributed by atoms with Crippen LogP contribution in [0.3, 0.4) is 0 Å². The molecule has 5 heteroatoms. The maximum atomic E-state index is 12.0. The molecule has 1 saturated carbocycles. The summed E-state index contributed by atoms with van der Waals surface area (Å²) >= 11 is 0. The first-order valence-electron chi connectivity index (χ1n) is 9.26. The molecule has 27 heavy (non-hydrogen) atoms. The largest absolute Gasteiger partial charge is 0.452 e. The number of hydrogen-bond donors (Lipinski definition) is 1. The summed E-state index contributed by atoms with van der Waals surface area (Å²) in [4.78, 5) is 24.0. The molecule has 0 aliphatic heterocycles. The lowest BCUT2D eigenvalue weighted by Crippen LogP contribution is -2.20. The molecular formula is C22H26N2O3. The van der Waals surface area contributed by atoms with E-state index in [-0.39, 0.29) is 12.5 Å². The Bertz CT molecular complexity index is 905. The van der Waals surface area contributed by atoms with Gasteiger partial charge in [0.15, 0.2) is 6.61 Å². The van der Waals surface area contributed by atoms with E-state index in [4.69, 9.17) is 4.74 Å². The normalized spacial score (nSPS) is 13.8. The topological polar surface area (TPSA) is 60.3 Å². The predicted molar refractivity (Wildman–Crippen MR) is 107 cm³/mol. The van der Waals surface area contributed by atoms with Crippen molar-refractivity contribution in [3.05, 3.63) is 58.4 Å². The molecule has 1 fully saturated rings. The Hall–Kier alpha value is -2.82. The van der Waals surface area contributed by atoms with Crippen molar-refractivity contribution < 1.29 is 14.3 Å². The third-order valence-electron chi connectivity index (χ3n) is 5.06. The maximum Gasteiger partial charge on any atom is 0.331 e. The number of benzene rings is 1. The monoisotopic (exact) mass is 366 g/mol. The smallest absolute Gasteiger partial charge is 0.331 e. The molecule has 5 nitrogen and oxygen atoms in total. The van der Waals surface area contributed by atoms with Gasteiger partial charge in [-0.25, -0.2) is 4.79 Å². The summed E-state index contributed by atoms with van der Waals surface area (Å²) in [6.45, 7) is 7.76. The number of carbonyl (C=O) groups is 2. The fourth-order valence-electron chi connectivity index (χ4n) is 3.28. The number of carbonyl (C=O) groups excluding carboxylic acids is 2. The number of rotatable bonds is 6. The Morgan fingerprint density at radius 3 is 2.67 bits per heavy atom. The van der Waals surface area contributed by atoms with Crippen LogP contribution in [0.25, 0.3) is 6.08 Å². The van der Waals surface area contributed by atoms with E-state index >= 15 is 0 Å². The second-order valence-corrected chi connectivity index (χ2v) is 7.16. The van der Waals surface area contributed by atoms with Gasteiger partial charge >= 0.3 is 5.97 Å². The van der Waals surface area contributed by atoms with Gasteiger partial charge in [0.1, 0.15) is 0 Å². The summed E-state index contributed by atoms with van der Waals surface area (Å²) in [5.41, 5.74) is 6.21. The van der Waals surface area contributed by atoms with Crippen LogP contribution in [0.5, 0.6) is 0 Å². The second-order valence-electron chi connectivity index (χ2n) is 7.16. The van der Waals surface area contributed by atoms with E-state index in [9.17, 15) is 9.59 Å². The lowest BCUT2D eigenvalue weighted by atomic mass is 10.1. The highest BCUT2D eigenvalue weighted by Crippen LogP contribution is 2.38. The van der Waals surface area contributed by atoms with Crippen molar-refractivity contribution in [3.8, 4) is 0 Å². The summed E-state index contributed by atoms with van der Waals surface area (Å²) in [5.74, 6) is -0.875. The van der Waals surface area contributed by atoms with E-state index in [1.165, 1.54) is 24.6 Å². The maximum absolute atomic E-state index is 12.0. The zero-order valence-corrected chi connectivity index (χ0v) is 16.3. The summed E-state index contributed by atoms with van der Waals surface area (Å²) in [6, 6.07) is 8.37. The average molecular weight is 366 g/mol. The number of hydrogen-bond acceptors (Lipinski definition) is 3. The molecule has 1 N–H and O–H groups in total. The number of anilines is 1. The minimum absolute atomic E-state index is 0.308. The SMILES string of the molecule is Cc1cccc(NC(=O)COC(=O)/C=C/c2cc(C)n(C3CC3)c2C)c1C. The van der Waals surface area contributed by atoms with Crippen LogP contribution in [-0.4, -0.2) is 23.1 Å². The third-order valence-corrected chi connectivity index (χ3v) is 5.06. The number of nitrogens with zero attached hydrogens (tertiary/aromatic N) is 1. The molecule has 2 aromatic rings. The summed E-state index contributed by atoms with van der Waals surface area (Å²) in [5, 5.41) is 2.78. The molecule has 1 heterocycles. The molecule has 0 spiro atoms. The summed E-state index contributed by atoms with van der Waals surface area (Å²) < 4.78 is 7.38. The number of aromatic nitrogens is 1. The van der Waals surface area contributed by atoms with Gasteiger partial charge in [0.2, 0.25) is 0 Å². The van der Waals surface area contributed by atoms with Crippen molar-refractivity contribution in [2.24, 2.45) is 0 Å². The quantitative estimate of drug-likeness (QED) is 0.614.